The van der Waals surface area contributed by atoms with Gasteiger partial charge in [-0.1, -0.05) is 25.4 Å². The van der Waals surface area contributed by atoms with Crippen LogP contribution in [0.15, 0.2) is 18.2 Å². The van der Waals surface area contributed by atoms with Gasteiger partial charge in [-0.15, -0.1) is 0 Å². The molecule has 1 N–H and O–H groups in total. The van der Waals surface area contributed by atoms with E-state index >= 15 is 0 Å². The molecule has 1 aromatic heterocycles. The third-order valence-corrected chi connectivity index (χ3v) is 4.16. The van der Waals surface area contributed by atoms with Crippen LogP contribution >= 0.6 is 11.6 Å². The Morgan fingerprint density at radius 3 is 2.71 bits per heavy atom. The average Bonchev–Trinajstić information content (AvgIpc) is 2.74. The van der Waals surface area contributed by atoms with Gasteiger partial charge in [0, 0.05) is 24.3 Å². The third-order valence-electron chi connectivity index (χ3n) is 3.87. The highest BCUT2D eigenvalue weighted by atomic mass is 35.5. The lowest BCUT2D eigenvalue weighted by molar-refractivity contribution is -0.116. The van der Waals surface area contributed by atoms with E-state index in [0.717, 1.165) is 23.5 Å². The van der Waals surface area contributed by atoms with E-state index in [1.54, 1.807) is 0 Å². The first-order valence-corrected chi connectivity index (χ1v) is 8.43. The minimum Gasteiger partial charge on any atom is -0.326 e. The van der Waals surface area contributed by atoms with E-state index in [1.165, 1.54) is 18.2 Å². The first kappa shape index (κ1) is 18.5. The largest absolute Gasteiger partial charge is 0.326 e. The van der Waals surface area contributed by atoms with Crippen LogP contribution in [0.2, 0.25) is 5.02 Å². The Labute approximate surface area is 147 Å². The summed E-state index contributed by atoms with van der Waals surface area (Å²) in [5.41, 5.74) is 3.68. The average molecular weight is 352 g/mol. The summed E-state index contributed by atoms with van der Waals surface area (Å²) >= 11 is 5.72. The second-order valence-electron chi connectivity index (χ2n) is 6.40. The summed E-state index contributed by atoms with van der Waals surface area (Å²) < 4.78 is 15.1. The standard InChI is InChI=1S/C18H23ClFN3O/c1-11(2)10-23-13(4)15(12(3)22-23)6-8-18(24)21-14-5-7-17(20)16(19)9-14/h5,7,9,11H,6,8,10H2,1-4H3,(H,21,24). The number of aromatic nitrogens is 2. The van der Waals surface area contributed by atoms with Crippen molar-refractivity contribution in [1.29, 1.82) is 0 Å². The van der Waals surface area contributed by atoms with E-state index in [4.69, 9.17) is 11.6 Å². The third kappa shape index (κ3) is 4.57. The fraction of sp³-hybridized carbons (Fsp3) is 0.444. The molecule has 0 radical (unpaired) electrons. The molecule has 0 fully saturated rings. The van der Waals surface area contributed by atoms with Crippen molar-refractivity contribution in [2.24, 2.45) is 5.92 Å². The molecule has 2 aromatic rings. The Morgan fingerprint density at radius 2 is 2.08 bits per heavy atom. The Bertz CT molecular complexity index is 740. The monoisotopic (exact) mass is 351 g/mol. The van der Waals surface area contributed by atoms with Gasteiger partial charge in [0.2, 0.25) is 5.91 Å². The van der Waals surface area contributed by atoms with Crippen molar-refractivity contribution in [1.82, 2.24) is 9.78 Å². The summed E-state index contributed by atoms with van der Waals surface area (Å²) in [6, 6.07) is 4.14. The number of aryl methyl sites for hydroxylation is 1. The zero-order valence-corrected chi connectivity index (χ0v) is 15.2. The molecule has 0 bridgehead atoms. The number of benzene rings is 1. The molecule has 4 nitrogen and oxygen atoms in total. The van der Waals surface area contributed by atoms with Crippen molar-refractivity contribution >= 4 is 23.2 Å². The summed E-state index contributed by atoms with van der Waals surface area (Å²) in [5.74, 6) is -0.117. The maximum atomic E-state index is 13.1. The van der Waals surface area contributed by atoms with Gasteiger partial charge in [0.25, 0.3) is 0 Å². The number of rotatable bonds is 6. The van der Waals surface area contributed by atoms with Crippen molar-refractivity contribution in [2.45, 2.75) is 47.1 Å². The van der Waals surface area contributed by atoms with Crippen LogP contribution in [0.25, 0.3) is 0 Å². The molecule has 0 saturated heterocycles. The summed E-state index contributed by atoms with van der Waals surface area (Å²) in [6.07, 6.45) is 0.959. The summed E-state index contributed by atoms with van der Waals surface area (Å²) in [6.45, 7) is 9.17. The van der Waals surface area contributed by atoms with Gasteiger partial charge in [-0.25, -0.2) is 4.39 Å². The van der Waals surface area contributed by atoms with E-state index in [9.17, 15) is 9.18 Å². The fourth-order valence-electron chi connectivity index (χ4n) is 2.66. The number of nitrogens with one attached hydrogen (secondary N) is 1. The van der Waals surface area contributed by atoms with Gasteiger partial charge in [0.15, 0.2) is 0 Å². The lowest BCUT2D eigenvalue weighted by atomic mass is 10.1. The minimum absolute atomic E-state index is 0.00514. The zero-order valence-electron chi connectivity index (χ0n) is 14.5. The van der Waals surface area contributed by atoms with E-state index in [-0.39, 0.29) is 10.9 Å². The normalized spacial score (nSPS) is 11.1. The highest BCUT2D eigenvalue weighted by Gasteiger charge is 2.14. The number of halogens is 2. The van der Waals surface area contributed by atoms with E-state index in [2.05, 4.69) is 24.3 Å². The van der Waals surface area contributed by atoms with E-state index in [1.807, 2.05) is 18.5 Å². The topological polar surface area (TPSA) is 46.9 Å². The van der Waals surface area contributed by atoms with Crippen molar-refractivity contribution in [2.75, 3.05) is 5.32 Å². The predicted octanol–water partition coefficient (Wildman–Crippen LogP) is 4.52. The molecule has 0 saturated carbocycles. The molecule has 1 aromatic carbocycles. The molecule has 0 atom stereocenters. The Morgan fingerprint density at radius 1 is 1.38 bits per heavy atom. The second-order valence-corrected chi connectivity index (χ2v) is 6.81. The quantitative estimate of drug-likeness (QED) is 0.831. The molecule has 0 spiro atoms. The smallest absolute Gasteiger partial charge is 0.224 e. The highest BCUT2D eigenvalue weighted by Crippen LogP contribution is 2.20. The summed E-state index contributed by atoms with van der Waals surface area (Å²) in [5, 5.41) is 7.30. The van der Waals surface area contributed by atoms with E-state index < -0.39 is 5.82 Å². The number of nitrogens with zero attached hydrogens (tertiary/aromatic N) is 2. The number of amides is 1. The lowest BCUT2D eigenvalue weighted by Crippen LogP contribution is -2.13. The number of hydrogen-bond donors (Lipinski definition) is 1. The van der Waals surface area contributed by atoms with Crippen molar-refractivity contribution in [3.63, 3.8) is 0 Å². The maximum Gasteiger partial charge on any atom is 0.224 e. The Hall–Kier alpha value is -1.88. The van der Waals surface area contributed by atoms with Gasteiger partial charge in [0.1, 0.15) is 5.82 Å². The second kappa shape index (κ2) is 7.79. The van der Waals surface area contributed by atoms with Gasteiger partial charge in [-0.05, 0) is 49.9 Å². The number of carbonyl (C=O) groups excluding carboxylic acids is 1. The lowest BCUT2D eigenvalue weighted by Gasteiger charge is -2.08. The first-order valence-electron chi connectivity index (χ1n) is 8.05. The molecule has 6 heteroatoms. The predicted molar refractivity (Wildman–Crippen MR) is 94.9 cm³/mol. The molecule has 0 aliphatic carbocycles. The van der Waals surface area contributed by atoms with Crippen molar-refractivity contribution < 1.29 is 9.18 Å². The number of hydrogen-bond acceptors (Lipinski definition) is 2. The molecule has 1 heterocycles. The van der Waals surface area contributed by atoms with Crippen molar-refractivity contribution in [3.8, 4) is 0 Å². The summed E-state index contributed by atoms with van der Waals surface area (Å²) in [7, 11) is 0. The molecule has 0 aliphatic heterocycles. The number of carbonyl (C=O) groups is 1. The van der Waals surface area contributed by atoms with Crippen LogP contribution < -0.4 is 5.32 Å². The number of anilines is 1. The van der Waals surface area contributed by atoms with Gasteiger partial charge in [-0.3, -0.25) is 9.48 Å². The zero-order chi connectivity index (χ0) is 17.9. The van der Waals surface area contributed by atoms with Gasteiger partial charge >= 0.3 is 0 Å². The van der Waals surface area contributed by atoms with E-state index in [0.29, 0.717) is 24.4 Å². The van der Waals surface area contributed by atoms with Crippen LogP contribution in [-0.4, -0.2) is 15.7 Å². The fourth-order valence-corrected chi connectivity index (χ4v) is 2.84. The van der Waals surface area contributed by atoms with Crippen LogP contribution in [-0.2, 0) is 17.8 Å². The molecule has 1 amide bonds. The Kier molecular flexibility index (Phi) is 5.99. The maximum absolute atomic E-state index is 13.1. The SMILES string of the molecule is Cc1nn(CC(C)C)c(C)c1CCC(=O)Nc1ccc(F)c(Cl)c1. The van der Waals surface area contributed by atoms with Crippen LogP contribution in [0.5, 0.6) is 0 Å². The molecule has 130 valence electrons. The highest BCUT2D eigenvalue weighted by molar-refractivity contribution is 6.31. The van der Waals surface area contributed by atoms with Crippen LogP contribution in [0.1, 0.15) is 37.2 Å². The van der Waals surface area contributed by atoms with Gasteiger partial charge in [-0.2, -0.15) is 5.10 Å². The minimum atomic E-state index is -0.501. The summed E-state index contributed by atoms with van der Waals surface area (Å²) in [4.78, 5) is 12.1. The first-order chi connectivity index (χ1) is 11.3. The van der Waals surface area contributed by atoms with Gasteiger partial charge < -0.3 is 5.32 Å². The van der Waals surface area contributed by atoms with Crippen LogP contribution in [0.4, 0.5) is 10.1 Å². The van der Waals surface area contributed by atoms with Crippen LogP contribution in [0.3, 0.4) is 0 Å². The molecular weight excluding hydrogens is 329 g/mol. The molecule has 2 rings (SSSR count). The molecular formula is C18H23ClFN3O. The Balaban J connectivity index is 1.98. The molecule has 0 unspecified atom stereocenters. The molecule has 0 aliphatic rings. The van der Waals surface area contributed by atoms with Crippen LogP contribution in [0, 0.1) is 25.6 Å². The molecule has 24 heavy (non-hydrogen) atoms. The van der Waals surface area contributed by atoms with Gasteiger partial charge in [0.05, 0.1) is 10.7 Å². The van der Waals surface area contributed by atoms with Crippen molar-refractivity contribution in [3.05, 3.63) is 46.0 Å².